The molecule has 1 heterocycles. The van der Waals surface area contributed by atoms with Gasteiger partial charge in [-0.1, -0.05) is 0 Å². The molecule has 2 bridgehead atoms. The maximum atomic E-state index is 10.4. The first-order valence-corrected chi connectivity index (χ1v) is 6.72. The molecule has 3 heteroatoms. The van der Waals surface area contributed by atoms with Gasteiger partial charge in [0.15, 0.2) is 6.29 Å². The maximum Gasteiger partial charge on any atom is 0.157 e. The average molecular weight is 226 g/mol. The van der Waals surface area contributed by atoms with Crippen molar-refractivity contribution < 1.29 is 14.6 Å². The quantitative estimate of drug-likeness (QED) is 0.800. The van der Waals surface area contributed by atoms with Crippen LogP contribution in [0.15, 0.2) is 0 Å². The second-order valence-corrected chi connectivity index (χ2v) is 5.77. The van der Waals surface area contributed by atoms with Gasteiger partial charge in [-0.15, -0.1) is 0 Å². The second-order valence-electron chi connectivity index (χ2n) is 5.77. The van der Waals surface area contributed by atoms with Gasteiger partial charge in [-0.3, -0.25) is 0 Å². The summed E-state index contributed by atoms with van der Waals surface area (Å²) in [6, 6.07) is 0. The van der Waals surface area contributed by atoms with Gasteiger partial charge < -0.3 is 14.6 Å². The number of ether oxygens (including phenoxy) is 2. The zero-order valence-electron chi connectivity index (χ0n) is 9.86. The minimum atomic E-state index is -0.403. The molecular weight excluding hydrogens is 204 g/mol. The van der Waals surface area contributed by atoms with Crippen molar-refractivity contribution in [1.82, 2.24) is 0 Å². The first-order chi connectivity index (χ1) is 7.76. The molecule has 4 unspecified atom stereocenters. The van der Waals surface area contributed by atoms with E-state index < -0.39 is 5.60 Å². The monoisotopic (exact) mass is 226 g/mol. The van der Waals surface area contributed by atoms with Crippen LogP contribution < -0.4 is 0 Å². The predicted octanol–water partition coefficient (Wildman–Crippen LogP) is 2.08. The third-order valence-corrected chi connectivity index (χ3v) is 4.63. The van der Waals surface area contributed by atoms with E-state index in [4.69, 9.17) is 9.47 Å². The second kappa shape index (κ2) is 4.28. The Balaban J connectivity index is 1.48. The summed E-state index contributed by atoms with van der Waals surface area (Å²) in [6.07, 6.45) is 7.75. The molecule has 2 aliphatic carbocycles. The van der Waals surface area contributed by atoms with Crippen LogP contribution in [0.5, 0.6) is 0 Å². The van der Waals surface area contributed by atoms with Crippen LogP contribution in [0.25, 0.3) is 0 Å². The summed E-state index contributed by atoms with van der Waals surface area (Å²) in [5.74, 6) is 1.11. The number of rotatable bonds is 3. The van der Waals surface area contributed by atoms with Crippen LogP contribution in [0.2, 0.25) is 0 Å². The van der Waals surface area contributed by atoms with E-state index in [1.165, 1.54) is 12.8 Å². The number of hydrogen-bond acceptors (Lipinski definition) is 3. The molecule has 3 fully saturated rings. The average Bonchev–Trinajstić information content (AvgIpc) is 2.83. The zero-order valence-corrected chi connectivity index (χ0v) is 9.86. The van der Waals surface area contributed by atoms with E-state index in [2.05, 4.69) is 0 Å². The highest BCUT2D eigenvalue weighted by atomic mass is 16.7. The van der Waals surface area contributed by atoms with Crippen molar-refractivity contribution in [2.75, 3.05) is 13.2 Å². The first-order valence-electron chi connectivity index (χ1n) is 6.72. The number of hydrogen-bond donors (Lipinski definition) is 1. The molecule has 1 N–H and O–H groups in total. The van der Waals surface area contributed by atoms with E-state index in [0.717, 1.165) is 44.6 Å². The van der Waals surface area contributed by atoms with Crippen molar-refractivity contribution in [2.24, 2.45) is 11.8 Å². The van der Waals surface area contributed by atoms with Crippen LogP contribution in [-0.2, 0) is 9.47 Å². The minimum Gasteiger partial charge on any atom is -0.390 e. The van der Waals surface area contributed by atoms with Crippen LogP contribution in [0.4, 0.5) is 0 Å². The van der Waals surface area contributed by atoms with Gasteiger partial charge in [0.2, 0.25) is 0 Å². The molecule has 4 atom stereocenters. The Hall–Kier alpha value is -0.120. The molecule has 0 aromatic rings. The lowest BCUT2D eigenvalue weighted by molar-refractivity contribution is -0.180. The Labute approximate surface area is 97.1 Å². The molecule has 3 aliphatic rings. The van der Waals surface area contributed by atoms with Crippen LogP contribution >= 0.6 is 0 Å². The summed E-state index contributed by atoms with van der Waals surface area (Å²) in [5, 5.41) is 10.4. The summed E-state index contributed by atoms with van der Waals surface area (Å²) in [5.41, 5.74) is -0.403. The minimum absolute atomic E-state index is 0.00326. The third kappa shape index (κ3) is 2.01. The topological polar surface area (TPSA) is 38.7 Å². The number of aliphatic hydroxyl groups is 1. The fourth-order valence-electron chi connectivity index (χ4n) is 3.64. The van der Waals surface area contributed by atoms with Crippen molar-refractivity contribution in [3.8, 4) is 0 Å². The summed E-state index contributed by atoms with van der Waals surface area (Å²) in [4.78, 5) is 0. The molecule has 92 valence electrons. The first kappa shape index (κ1) is 11.0. The Bertz CT molecular complexity index is 250. The van der Waals surface area contributed by atoms with Crippen LogP contribution in [0, 0.1) is 11.8 Å². The molecule has 1 saturated heterocycles. The van der Waals surface area contributed by atoms with E-state index in [-0.39, 0.29) is 6.29 Å². The lowest BCUT2D eigenvalue weighted by Crippen LogP contribution is -2.37. The van der Waals surface area contributed by atoms with E-state index in [1.54, 1.807) is 0 Å². The molecule has 0 spiro atoms. The molecular formula is C13H22O3. The fraction of sp³-hybridized carbons (Fsp3) is 1.00. The smallest absolute Gasteiger partial charge is 0.157 e. The lowest BCUT2D eigenvalue weighted by atomic mass is 9.86. The molecule has 1 aliphatic heterocycles. The van der Waals surface area contributed by atoms with E-state index in [1.807, 2.05) is 0 Å². The molecule has 16 heavy (non-hydrogen) atoms. The highest BCUT2D eigenvalue weighted by Crippen LogP contribution is 2.51. The van der Waals surface area contributed by atoms with Crippen LogP contribution in [0.3, 0.4) is 0 Å². The van der Waals surface area contributed by atoms with Crippen molar-refractivity contribution in [1.29, 1.82) is 0 Å². The maximum absolute atomic E-state index is 10.4. The van der Waals surface area contributed by atoms with Gasteiger partial charge in [0.1, 0.15) is 0 Å². The Morgan fingerprint density at radius 2 is 2.25 bits per heavy atom. The van der Waals surface area contributed by atoms with Crippen molar-refractivity contribution in [3.63, 3.8) is 0 Å². The van der Waals surface area contributed by atoms with Crippen LogP contribution in [-0.4, -0.2) is 30.2 Å². The molecule has 2 saturated carbocycles. The van der Waals surface area contributed by atoms with Crippen molar-refractivity contribution in [2.45, 2.75) is 56.8 Å². The Morgan fingerprint density at radius 1 is 1.31 bits per heavy atom. The van der Waals surface area contributed by atoms with Gasteiger partial charge in [-0.2, -0.15) is 0 Å². The standard InChI is InChI=1S/C13H22O3/c14-13-5-4-10(8-13)7-11(13)9-16-12-3-1-2-6-15-12/h10-12,14H,1-9H2. The number of fused-ring (bicyclic) bond motifs is 2. The zero-order chi connectivity index (χ0) is 11.0. The van der Waals surface area contributed by atoms with E-state index in [0.29, 0.717) is 12.5 Å². The van der Waals surface area contributed by atoms with Gasteiger partial charge in [-0.05, 0) is 50.9 Å². The summed E-state index contributed by atoms with van der Waals surface area (Å²) >= 11 is 0. The largest absolute Gasteiger partial charge is 0.390 e. The van der Waals surface area contributed by atoms with E-state index in [9.17, 15) is 5.11 Å². The summed E-state index contributed by atoms with van der Waals surface area (Å²) in [7, 11) is 0. The summed E-state index contributed by atoms with van der Waals surface area (Å²) in [6.45, 7) is 1.53. The molecule has 3 rings (SSSR count). The van der Waals surface area contributed by atoms with Crippen molar-refractivity contribution in [3.05, 3.63) is 0 Å². The lowest BCUT2D eigenvalue weighted by Gasteiger charge is -2.32. The summed E-state index contributed by atoms with van der Waals surface area (Å²) < 4.78 is 11.3. The Morgan fingerprint density at radius 3 is 2.88 bits per heavy atom. The van der Waals surface area contributed by atoms with Gasteiger partial charge >= 0.3 is 0 Å². The van der Waals surface area contributed by atoms with Crippen LogP contribution in [0.1, 0.15) is 44.9 Å². The highest BCUT2D eigenvalue weighted by molar-refractivity contribution is 5.02. The molecule has 0 radical (unpaired) electrons. The third-order valence-electron chi connectivity index (χ3n) is 4.63. The molecule has 0 aromatic heterocycles. The van der Waals surface area contributed by atoms with Gasteiger partial charge in [0.05, 0.1) is 12.2 Å². The molecule has 3 nitrogen and oxygen atoms in total. The Kier molecular flexibility index (Phi) is 2.94. The fourth-order valence-corrected chi connectivity index (χ4v) is 3.64. The van der Waals surface area contributed by atoms with Gasteiger partial charge in [0.25, 0.3) is 0 Å². The van der Waals surface area contributed by atoms with E-state index >= 15 is 0 Å². The van der Waals surface area contributed by atoms with Crippen molar-refractivity contribution >= 4 is 0 Å². The molecule has 0 aromatic carbocycles. The normalized spacial score (nSPS) is 47.4. The highest BCUT2D eigenvalue weighted by Gasteiger charge is 2.50. The molecule has 0 amide bonds. The van der Waals surface area contributed by atoms with Gasteiger partial charge in [0, 0.05) is 12.5 Å². The predicted molar refractivity (Wildman–Crippen MR) is 59.9 cm³/mol. The van der Waals surface area contributed by atoms with Gasteiger partial charge in [-0.25, -0.2) is 0 Å². The SMILES string of the molecule is OC12CCC(CC1COC1CCCCO1)C2.